The van der Waals surface area contributed by atoms with Crippen LogP contribution in [0.1, 0.15) is 5.56 Å². The molecule has 2 aromatic rings. The minimum Gasteiger partial charge on any atom is -0.376 e. The Hall–Kier alpha value is -1.55. The summed E-state index contributed by atoms with van der Waals surface area (Å²) < 4.78 is 1.02. The van der Waals surface area contributed by atoms with Crippen LogP contribution in [0.25, 0.3) is 0 Å². The van der Waals surface area contributed by atoms with Crippen LogP contribution in [0.2, 0.25) is 0 Å². The molecule has 0 bridgehead atoms. The summed E-state index contributed by atoms with van der Waals surface area (Å²) in [7, 11) is 4.06. The molecule has 3 nitrogen and oxygen atoms in total. The predicted molar refractivity (Wildman–Crippen MR) is 80.7 cm³/mol. The van der Waals surface area contributed by atoms with Crippen molar-refractivity contribution in [1.29, 1.82) is 0 Å². The summed E-state index contributed by atoms with van der Waals surface area (Å²) in [5.41, 5.74) is 3.35. The topological polar surface area (TPSA) is 28.2 Å². The van der Waals surface area contributed by atoms with E-state index in [-0.39, 0.29) is 0 Å². The van der Waals surface area contributed by atoms with E-state index in [1.54, 1.807) is 0 Å². The van der Waals surface area contributed by atoms with Crippen LogP contribution in [0, 0.1) is 6.92 Å². The summed E-state index contributed by atoms with van der Waals surface area (Å²) in [6.07, 6.45) is 1.82. The van der Waals surface area contributed by atoms with Crippen LogP contribution in [-0.2, 0) is 0 Å². The van der Waals surface area contributed by atoms with E-state index in [2.05, 4.69) is 44.1 Å². The SMILES string of the molecule is Cc1cc(Nc2ccccc2N(C)C)ncc1Br. The van der Waals surface area contributed by atoms with E-state index in [0.29, 0.717) is 0 Å². The molecule has 0 spiro atoms. The number of aryl methyl sites for hydroxylation is 1. The molecule has 0 atom stereocenters. The Morgan fingerprint density at radius 2 is 1.94 bits per heavy atom. The predicted octanol–water partition coefficient (Wildman–Crippen LogP) is 3.96. The lowest BCUT2D eigenvalue weighted by molar-refractivity contribution is 1.13. The van der Waals surface area contributed by atoms with E-state index in [1.807, 2.05) is 44.6 Å². The normalized spacial score (nSPS) is 10.2. The van der Waals surface area contributed by atoms with Crippen LogP contribution in [0.3, 0.4) is 0 Å². The second-order valence-corrected chi connectivity index (χ2v) is 5.21. The van der Waals surface area contributed by atoms with Crippen molar-refractivity contribution in [3.63, 3.8) is 0 Å². The van der Waals surface area contributed by atoms with Crippen molar-refractivity contribution in [2.45, 2.75) is 6.92 Å². The quantitative estimate of drug-likeness (QED) is 0.930. The zero-order chi connectivity index (χ0) is 13.1. The van der Waals surface area contributed by atoms with Gasteiger partial charge in [0.15, 0.2) is 0 Å². The van der Waals surface area contributed by atoms with Gasteiger partial charge in [-0.3, -0.25) is 0 Å². The van der Waals surface area contributed by atoms with E-state index in [4.69, 9.17) is 0 Å². The monoisotopic (exact) mass is 305 g/mol. The highest BCUT2D eigenvalue weighted by Crippen LogP contribution is 2.27. The molecule has 0 aliphatic rings. The van der Waals surface area contributed by atoms with Crippen molar-refractivity contribution in [2.75, 3.05) is 24.3 Å². The van der Waals surface area contributed by atoms with Gasteiger partial charge in [-0.15, -0.1) is 0 Å². The van der Waals surface area contributed by atoms with Crippen molar-refractivity contribution in [1.82, 2.24) is 4.98 Å². The van der Waals surface area contributed by atoms with E-state index in [9.17, 15) is 0 Å². The Morgan fingerprint density at radius 3 is 2.61 bits per heavy atom. The first kappa shape index (κ1) is 12.9. The zero-order valence-electron chi connectivity index (χ0n) is 10.7. The number of halogens is 1. The fourth-order valence-corrected chi connectivity index (χ4v) is 1.93. The fourth-order valence-electron chi connectivity index (χ4n) is 1.71. The molecule has 0 saturated heterocycles. The van der Waals surface area contributed by atoms with Gasteiger partial charge in [-0.05, 0) is 46.6 Å². The minimum absolute atomic E-state index is 0.852. The van der Waals surface area contributed by atoms with Gasteiger partial charge >= 0.3 is 0 Å². The first-order chi connectivity index (χ1) is 8.58. The third kappa shape index (κ3) is 2.82. The van der Waals surface area contributed by atoms with Gasteiger partial charge in [0.25, 0.3) is 0 Å². The summed E-state index contributed by atoms with van der Waals surface area (Å²) in [5, 5.41) is 3.35. The maximum absolute atomic E-state index is 4.36. The average molecular weight is 306 g/mol. The maximum Gasteiger partial charge on any atom is 0.130 e. The molecule has 1 heterocycles. The molecule has 0 fully saturated rings. The lowest BCUT2D eigenvalue weighted by Crippen LogP contribution is -2.11. The van der Waals surface area contributed by atoms with Crippen molar-refractivity contribution >= 4 is 33.1 Å². The minimum atomic E-state index is 0.852. The van der Waals surface area contributed by atoms with Crippen LogP contribution >= 0.6 is 15.9 Å². The molecule has 1 aromatic heterocycles. The summed E-state index contributed by atoms with van der Waals surface area (Å²) in [6.45, 7) is 2.05. The standard InChI is InChI=1S/C14H16BrN3/c1-10-8-14(16-9-11(10)15)17-12-6-4-5-7-13(12)18(2)3/h4-9H,1-3H3,(H,16,17). The molecule has 0 saturated carbocycles. The van der Waals surface area contributed by atoms with E-state index >= 15 is 0 Å². The molecule has 18 heavy (non-hydrogen) atoms. The molecule has 0 aliphatic carbocycles. The Labute approximate surface area is 116 Å². The van der Waals surface area contributed by atoms with Gasteiger partial charge in [0.05, 0.1) is 11.4 Å². The van der Waals surface area contributed by atoms with E-state index in [1.165, 1.54) is 0 Å². The number of anilines is 3. The van der Waals surface area contributed by atoms with Crippen LogP contribution in [0.5, 0.6) is 0 Å². The largest absolute Gasteiger partial charge is 0.376 e. The van der Waals surface area contributed by atoms with Gasteiger partial charge < -0.3 is 10.2 Å². The smallest absolute Gasteiger partial charge is 0.130 e. The van der Waals surface area contributed by atoms with Crippen molar-refractivity contribution < 1.29 is 0 Å². The number of nitrogens with one attached hydrogen (secondary N) is 1. The molecule has 0 unspecified atom stereocenters. The van der Waals surface area contributed by atoms with Crippen molar-refractivity contribution in [2.24, 2.45) is 0 Å². The molecular formula is C14H16BrN3. The summed E-state index contributed by atoms with van der Waals surface area (Å²) in [5.74, 6) is 0.852. The molecule has 1 aromatic carbocycles. The number of aromatic nitrogens is 1. The fraction of sp³-hybridized carbons (Fsp3) is 0.214. The number of rotatable bonds is 3. The van der Waals surface area contributed by atoms with Gasteiger partial charge in [-0.1, -0.05) is 12.1 Å². The molecule has 4 heteroatoms. The Bertz CT molecular complexity index is 552. The summed E-state index contributed by atoms with van der Waals surface area (Å²) in [6, 6.07) is 10.2. The first-order valence-corrected chi connectivity index (χ1v) is 6.53. The highest BCUT2D eigenvalue weighted by molar-refractivity contribution is 9.10. The lowest BCUT2D eigenvalue weighted by Gasteiger charge is -2.18. The van der Waals surface area contributed by atoms with Crippen LogP contribution < -0.4 is 10.2 Å². The highest BCUT2D eigenvalue weighted by Gasteiger charge is 2.05. The van der Waals surface area contributed by atoms with Crippen LogP contribution in [0.4, 0.5) is 17.2 Å². The highest BCUT2D eigenvalue weighted by atomic mass is 79.9. The van der Waals surface area contributed by atoms with E-state index in [0.717, 1.165) is 27.2 Å². The van der Waals surface area contributed by atoms with Gasteiger partial charge in [-0.25, -0.2) is 4.98 Å². The number of pyridine rings is 1. The Balaban J connectivity index is 2.31. The molecule has 0 amide bonds. The number of hydrogen-bond donors (Lipinski definition) is 1. The average Bonchev–Trinajstić information content (AvgIpc) is 2.34. The van der Waals surface area contributed by atoms with Crippen molar-refractivity contribution in [3.05, 3.63) is 46.6 Å². The number of benzene rings is 1. The second kappa shape index (κ2) is 5.40. The summed E-state index contributed by atoms with van der Waals surface area (Å²) in [4.78, 5) is 6.44. The Kier molecular flexibility index (Phi) is 3.87. The van der Waals surface area contributed by atoms with Gasteiger partial charge in [-0.2, -0.15) is 0 Å². The maximum atomic E-state index is 4.36. The third-order valence-corrected chi connectivity index (χ3v) is 3.53. The number of nitrogens with zero attached hydrogens (tertiary/aromatic N) is 2. The Morgan fingerprint density at radius 1 is 1.22 bits per heavy atom. The molecule has 1 N–H and O–H groups in total. The molecule has 0 aliphatic heterocycles. The zero-order valence-corrected chi connectivity index (χ0v) is 12.3. The third-order valence-electron chi connectivity index (χ3n) is 2.70. The van der Waals surface area contributed by atoms with Gasteiger partial charge in [0.1, 0.15) is 5.82 Å². The van der Waals surface area contributed by atoms with Crippen LogP contribution in [-0.4, -0.2) is 19.1 Å². The summed E-state index contributed by atoms with van der Waals surface area (Å²) >= 11 is 3.45. The molecule has 94 valence electrons. The van der Waals surface area contributed by atoms with Crippen molar-refractivity contribution in [3.8, 4) is 0 Å². The number of hydrogen-bond acceptors (Lipinski definition) is 3. The van der Waals surface area contributed by atoms with Crippen LogP contribution in [0.15, 0.2) is 41.0 Å². The molecule has 2 rings (SSSR count). The van der Waals surface area contributed by atoms with E-state index < -0.39 is 0 Å². The van der Waals surface area contributed by atoms with Gasteiger partial charge in [0.2, 0.25) is 0 Å². The molecule has 0 radical (unpaired) electrons. The molecular weight excluding hydrogens is 290 g/mol. The second-order valence-electron chi connectivity index (χ2n) is 4.36. The lowest BCUT2D eigenvalue weighted by atomic mass is 10.2. The van der Waals surface area contributed by atoms with Gasteiger partial charge in [0, 0.05) is 24.8 Å². The number of para-hydroxylation sites is 2. The first-order valence-electron chi connectivity index (χ1n) is 5.73.